The number of rotatable bonds is 5. The van der Waals surface area contributed by atoms with Crippen LogP contribution in [0.15, 0.2) is 67.5 Å². The fourth-order valence-electron chi connectivity index (χ4n) is 4.36. The normalized spacial score (nSPS) is 17.7. The van der Waals surface area contributed by atoms with Crippen LogP contribution in [-0.4, -0.2) is 55.7 Å². The molecule has 34 heavy (non-hydrogen) atoms. The zero-order valence-electron chi connectivity index (χ0n) is 18.1. The molecule has 5 heterocycles. The van der Waals surface area contributed by atoms with E-state index in [4.69, 9.17) is 4.74 Å². The number of benzene rings is 1. The van der Waals surface area contributed by atoms with E-state index in [0.29, 0.717) is 25.3 Å². The minimum absolute atomic E-state index is 0.149. The molecule has 1 aliphatic heterocycles. The van der Waals surface area contributed by atoms with E-state index in [-0.39, 0.29) is 18.2 Å². The summed E-state index contributed by atoms with van der Waals surface area (Å²) in [7, 11) is 0. The van der Waals surface area contributed by atoms with Gasteiger partial charge < -0.3 is 10.1 Å². The van der Waals surface area contributed by atoms with Crippen molar-refractivity contribution < 1.29 is 9.53 Å². The Hall–Kier alpha value is -3.73. The molecule has 1 aromatic carbocycles. The molecule has 1 fully saturated rings. The van der Waals surface area contributed by atoms with Gasteiger partial charge in [-0.05, 0) is 29.8 Å². The summed E-state index contributed by atoms with van der Waals surface area (Å²) in [6.45, 7) is 1.84. The lowest BCUT2D eigenvalue weighted by Gasteiger charge is -2.38. The highest BCUT2D eigenvalue weighted by Gasteiger charge is 2.31. The lowest BCUT2D eigenvalue weighted by atomic mass is 10.0. The zero-order valence-corrected chi connectivity index (χ0v) is 18.9. The zero-order chi connectivity index (χ0) is 22.9. The van der Waals surface area contributed by atoms with Crippen LogP contribution in [0.2, 0.25) is 0 Å². The number of amides is 1. The number of nitrogens with one attached hydrogen (secondary N) is 2. The van der Waals surface area contributed by atoms with Gasteiger partial charge in [-0.15, -0.1) is 11.3 Å². The van der Waals surface area contributed by atoms with Crippen LogP contribution in [0.25, 0.3) is 21.1 Å². The number of carbonyl (C=O) groups is 1. The molecule has 1 saturated heterocycles. The van der Waals surface area contributed by atoms with Gasteiger partial charge in [0.15, 0.2) is 0 Å². The fourth-order valence-corrected chi connectivity index (χ4v) is 5.43. The first-order chi connectivity index (χ1) is 16.8. The average Bonchev–Trinajstić information content (AvgIpc) is 3.54. The van der Waals surface area contributed by atoms with E-state index in [1.54, 1.807) is 48.4 Å². The lowest BCUT2D eigenvalue weighted by Crippen LogP contribution is -2.47. The molecular formula is C24H21N7O2S. The SMILES string of the molecule is O=C(NC(c1cc2ncncc2s1)N1CCOC(c2cccc3[nH]ncc23)C1)c1ccncc1. The van der Waals surface area contributed by atoms with Crippen molar-refractivity contribution in [2.75, 3.05) is 19.7 Å². The van der Waals surface area contributed by atoms with Crippen molar-refractivity contribution in [1.82, 2.24) is 35.4 Å². The van der Waals surface area contributed by atoms with Crippen LogP contribution < -0.4 is 5.32 Å². The monoisotopic (exact) mass is 471 g/mol. The Balaban J connectivity index is 1.34. The van der Waals surface area contributed by atoms with Gasteiger partial charge in [0.2, 0.25) is 0 Å². The van der Waals surface area contributed by atoms with E-state index >= 15 is 0 Å². The molecule has 2 atom stereocenters. The quantitative estimate of drug-likeness (QED) is 0.404. The number of thiophene rings is 1. The van der Waals surface area contributed by atoms with Crippen LogP contribution in [0.3, 0.4) is 0 Å². The second-order valence-electron chi connectivity index (χ2n) is 8.07. The van der Waals surface area contributed by atoms with Crippen molar-refractivity contribution in [2.24, 2.45) is 0 Å². The number of aromatic nitrogens is 5. The van der Waals surface area contributed by atoms with Gasteiger partial charge in [0.25, 0.3) is 5.91 Å². The molecular weight excluding hydrogens is 450 g/mol. The number of aromatic amines is 1. The molecule has 9 nitrogen and oxygen atoms in total. The molecule has 1 aliphatic rings. The van der Waals surface area contributed by atoms with Crippen molar-refractivity contribution in [1.29, 1.82) is 0 Å². The summed E-state index contributed by atoms with van der Waals surface area (Å²) in [5.74, 6) is -0.157. The molecule has 6 rings (SSSR count). The van der Waals surface area contributed by atoms with Gasteiger partial charge in [0, 0.05) is 47.5 Å². The summed E-state index contributed by atoms with van der Waals surface area (Å²) < 4.78 is 7.16. The summed E-state index contributed by atoms with van der Waals surface area (Å²) in [4.78, 5) is 28.9. The van der Waals surface area contributed by atoms with Gasteiger partial charge in [-0.2, -0.15) is 5.10 Å². The number of pyridine rings is 1. The highest BCUT2D eigenvalue weighted by molar-refractivity contribution is 7.19. The number of carbonyl (C=O) groups excluding carboxylic acids is 1. The number of ether oxygens (including phenoxy) is 1. The third-order valence-corrected chi connectivity index (χ3v) is 7.13. The van der Waals surface area contributed by atoms with E-state index in [2.05, 4.69) is 41.4 Å². The highest BCUT2D eigenvalue weighted by atomic mass is 32.1. The molecule has 0 aliphatic carbocycles. The fraction of sp³-hybridized carbons (Fsp3) is 0.208. The van der Waals surface area contributed by atoms with Crippen molar-refractivity contribution >= 4 is 38.4 Å². The molecule has 5 aromatic rings. The Morgan fingerprint density at radius 1 is 1.21 bits per heavy atom. The Morgan fingerprint density at radius 2 is 2.12 bits per heavy atom. The van der Waals surface area contributed by atoms with E-state index < -0.39 is 0 Å². The predicted octanol–water partition coefficient (Wildman–Crippen LogP) is 3.46. The van der Waals surface area contributed by atoms with Crippen molar-refractivity contribution in [3.05, 3.63) is 83.5 Å². The number of hydrogen-bond donors (Lipinski definition) is 2. The lowest BCUT2D eigenvalue weighted by molar-refractivity contribution is -0.0484. The molecule has 2 unspecified atom stereocenters. The molecule has 4 aromatic heterocycles. The first kappa shape index (κ1) is 20.8. The number of hydrogen-bond acceptors (Lipinski definition) is 8. The Labute approximate surface area is 198 Å². The average molecular weight is 472 g/mol. The standard InChI is InChI=1S/C24H21N7O2S/c32-24(15-4-6-25-7-5-15)29-23(21-10-19-22(34-21)12-26-14-27-19)31-8-9-33-20(13-31)16-2-1-3-18-17(16)11-28-30-18/h1-7,10-12,14,20,23H,8-9,13H2,(H,28,30)(H,29,32). The summed E-state index contributed by atoms with van der Waals surface area (Å²) in [6.07, 6.45) is 7.93. The first-order valence-corrected chi connectivity index (χ1v) is 11.8. The van der Waals surface area contributed by atoms with Gasteiger partial charge in [0.1, 0.15) is 12.5 Å². The second kappa shape index (κ2) is 8.90. The van der Waals surface area contributed by atoms with E-state index in [1.807, 2.05) is 24.4 Å². The summed E-state index contributed by atoms with van der Waals surface area (Å²) in [5.41, 5.74) is 3.49. The highest BCUT2D eigenvalue weighted by Crippen LogP contribution is 2.35. The van der Waals surface area contributed by atoms with Crippen molar-refractivity contribution in [3.8, 4) is 0 Å². The maximum atomic E-state index is 13.1. The Bertz CT molecular complexity index is 1420. The number of fused-ring (bicyclic) bond motifs is 2. The molecule has 0 radical (unpaired) electrons. The molecule has 0 saturated carbocycles. The largest absolute Gasteiger partial charge is 0.371 e. The van der Waals surface area contributed by atoms with Crippen LogP contribution >= 0.6 is 11.3 Å². The summed E-state index contributed by atoms with van der Waals surface area (Å²) in [5, 5.41) is 11.5. The summed E-state index contributed by atoms with van der Waals surface area (Å²) >= 11 is 1.59. The van der Waals surface area contributed by atoms with Gasteiger partial charge in [0.05, 0.1) is 34.6 Å². The van der Waals surface area contributed by atoms with Gasteiger partial charge in [-0.1, -0.05) is 12.1 Å². The van der Waals surface area contributed by atoms with E-state index in [0.717, 1.165) is 31.6 Å². The molecule has 170 valence electrons. The minimum atomic E-state index is -0.338. The van der Waals surface area contributed by atoms with Crippen LogP contribution in [0, 0.1) is 0 Å². The number of nitrogens with zero attached hydrogens (tertiary/aromatic N) is 5. The molecule has 0 spiro atoms. The topological polar surface area (TPSA) is 109 Å². The van der Waals surface area contributed by atoms with Gasteiger partial charge in [-0.3, -0.25) is 19.8 Å². The van der Waals surface area contributed by atoms with E-state index in [9.17, 15) is 4.79 Å². The third kappa shape index (κ3) is 3.92. The van der Waals surface area contributed by atoms with Crippen LogP contribution in [0.1, 0.15) is 33.1 Å². The molecule has 2 N–H and O–H groups in total. The Kier molecular flexibility index (Phi) is 5.46. The second-order valence-corrected chi connectivity index (χ2v) is 9.18. The number of morpholine rings is 1. The first-order valence-electron chi connectivity index (χ1n) is 10.9. The van der Waals surface area contributed by atoms with Crippen molar-refractivity contribution in [2.45, 2.75) is 12.3 Å². The van der Waals surface area contributed by atoms with Gasteiger partial charge in [-0.25, -0.2) is 9.97 Å². The maximum absolute atomic E-state index is 13.1. The Morgan fingerprint density at radius 3 is 3.00 bits per heavy atom. The molecule has 0 bridgehead atoms. The predicted molar refractivity (Wildman–Crippen MR) is 128 cm³/mol. The van der Waals surface area contributed by atoms with Gasteiger partial charge >= 0.3 is 0 Å². The van der Waals surface area contributed by atoms with Crippen LogP contribution in [0.4, 0.5) is 0 Å². The van der Waals surface area contributed by atoms with Crippen LogP contribution in [0.5, 0.6) is 0 Å². The van der Waals surface area contributed by atoms with Crippen LogP contribution in [-0.2, 0) is 4.74 Å². The molecule has 10 heteroatoms. The summed E-state index contributed by atoms with van der Waals surface area (Å²) in [6, 6.07) is 11.5. The minimum Gasteiger partial charge on any atom is -0.371 e. The third-order valence-electron chi connectivity index (χ3n) is 6.02. The van der Waals surface area contributed by atoms with E-state index in [1.165, 1.54) is 0 Å². The molecule has 1 amide bonds. The number of H-pyrrole nitrogens is 1. The smallest absolute Gasteiger partial charge is 0.252 e. The maximum Gasteiger partial charge on any atom is 0.252 e. The van der Waals surface area contributed by atoms with Crippen molar-refractivity contribution in [3.63, 3.8) is 0 Å².